The third-order valence-electron chi connectivity index (χ3n) is 5.34. The average Bonchev–Trinajstić information content (AvgIpc) is 2.82. The van der Waals surface area contributed by atoms with Gasteiger partial charge in [-0.25, -0.2) is 9.78 Å². The first kappa shape index (κ1) is 22.1. The summed E-state index contributed by atoms with van der Waals surface area (Å²) in [5.74, 6) is 0.577. The molecule has 0 atom stereocenters. The number of carbonyl (C=O) groups excluding carboxylic acids is 1. The van der Waals surface area contributed by atoms with Crippen LogP contribution >= 0.6 is 0 Å². The minimum absolute atomic E-state index is 0.153. The topological polar surface area (TPSA) is 113 Å². The van der Waals surface area contributed by atoms with Crippen molar-refractivity contribution in [3.05, 3.63) is 48.2 Å². The Labute approximate surface area is 181 Å². The van der Waals surface area contributed by atoms with E-state index in [9.17, 15) is 14.7 Å². The number of carboxylic acid groups (broad SMARTS) is 1. The van der Waals surface area contributed by atoms with E-state index in [1.807, 2.05) is 36.5 Å². The van der Waals surface area contributed by atoms with Crippen molar-refractivity contribution in [1.82, 2.24) is 20.1 Å². The molecule has 2 heterocycles. The molecule has 0 spiro atoms. The number of anilines is 1. The molecular formula is C22H26N6O3. The van der Waals surface area contributed by atoms with Crippen molar-refractivity contribution in [2.24, 2.45) is 0 Å². The van der Waals surface area contributed by atoms with Gasteiger partial charge in [0.25, 0.3) is 0 Å². The molecule has 0 radical (unpaired) electrons. The maximum absolute atomic E-state index is 11.5. The molecule has 1 aliphatic rings. The molecular weight excluding hydrogens is 396 g/mol. The predicted octanol–water partition coefficient (Wildman–Crippen LogP) is 1.47. The Morgan fingerprint density at radius 2 is 1.97 bits per heavy atom. The number of nitrogens with one attached hydrogen (secondary N) is 1. The van der Waals surface area contributed by atoms with Crippen LogP contribution in [0.15, 0.2) is 42.6 Å². The van der Waals surface area contributed by atoms with Crippen molar-refractivity contribution in [3.63, 3.8) is 0 Å². The highest BCUT2D eigenvalue weighted by molar-refractivity contribution is 5.81. The summed E-state index contributed by atoms with van der Waals surface area (Å²) in [6.07, 6.45) is 0.730. The summed E-state index contributed by atoms with van der Waals surface area (Å²) in [5, 5.41) is 20.8. The average molecular weight is 422 g/mol. The van der Waals surface area contributed by atoms with Gasteiger partial charge in [-0.05, 0) is 29.8 Å². The number of hydrogen-bond acceptors (Lipinski definition) is 6. The normalized spacial score (nSPS) is 14.0. The molecule has 1 saturated heterocycles. The van der Waals surface area contributed by atoms with Crippen molar-refractivity contribution in [2.45, 2.75) is 0 Å². The van der Waals surface area contributed by atoms with Crippen molar-refractivity contribution in [2.75, 3.05) is 57.8 Å². The molecule has 0 aliphatic carbocycles. The molecule has 0 unspecified atom stereocenters. The third kappa shape index (κ3) is 5.93. The van der Waals surface area contributed by atoms with Gasteiger partial charge in [-0.1, -0.05) is 12.1 Å². The standard InChI is InChI=1S/C22H26N6O3/c1-24-21(29)16-28(22(30)31)12-9-26-7-10-27(11-8-26)20-6-5-19(15-25-20)18-4-2-3-17(13-18)14-23/h2-6,13,15H,7-12,16H2,1H3,(H,24,29)(H,30,31). The van der Waals surface area contributed by atoms with E-state index >= 15 is 0 Å². The minimum Gasteiger partial charge on any atom is -0.465 e. The van der Waals surface area contributed by atoms with Gasteiger partial charge in [-0.3, -0.25) is 14.6 Å². The number of likely N-dealkylation sites (N-methyl/N-ethyl adjacent to an activating group) is 1. The van der Waals surface area contributed by atoms with Gasteiger partial charge in [-0.15, -0.1) is 0 Å². The Balaban J connectivity index is 1.52. The summed E-state index contributed by atoms with van der Waals surface area (Å²) in [7, 11) is 1.49. The lowest BCUT2D eigenvalue weighted by molar-refractivity contribution is -0.121. The molecule has 2 amide bonds. The number of piperazine rings is 1. The van der Waals surface area contributed by atoms with Gasteiger partial charge in [0.1, 0.15) is 12.4 Å². The van der Waals surface area contributed by atoms with Crippen LogP contribution in [0.2, 0.25) is 0 Å². The van der Waals surface area contributed by atoms with Crippen LogP contribution in [0, 0.1) is 11.3 Å². The highest BCUT2D eigenvalue weighted by Gasteiger charge is 2.21. The van der Waals surface area contributed by atoms with E-state index < -0.39 is 6.09 Å². The fourth-order valence-corrected chi connectivity index (χ4v) is 3.47. The molecule has 1 fully saturated rings. The monoisotopic (exact) mass is 422 g/mol. The summed E-state index contributed by atoms with van der Waals surface area (Å²) in [6, 6.07) is 13.6. The number of amides is 2. The molecule has 0 bridgehead atoms. The maximum Gasteiger partial charge on any atom is 0.407 e. The second-order valence-corrected chi connectivity index (χ2v) is 7.30. The van der Waals surface area contributed by atoms with Crippen LogP contribution in [0.1, 0.15) is 5.56 Å². The molecule has 2 aromatic rings. The van der Waals surface area contributed by atoms with Gasteiger partial charge in [0.15, 0.2) is 0 Å². The highest BCUT2D eigenvalue weighted by atomic mass is 16.4. The zero-order valence-corrected chi connectivity index (χ0v) is 17.5. The van der Waals surface area contributed by atoms with E-state index in [0.717, 1.165) is 48.0 Å². The van der Waals surface area contributed by atoms with Crippen LogP contribution in [0.4, 0.5) is 10.6 Å². The van der Waals surface area contributed by atoms with Gasteiger partial charge in [-0.2, -0.15) is 5.26 Å². The summed E-state index contributed by atoms with van der Waals surface area (Å²) < 4.78 is 0. The van der Waals surface area contributed by atoms with Gasteiger partial charge < -0.3 is 15.3 Å². The van der Waals surface area contributed by atoms with E-state index in [1.54, 1.807) is 6.07 Å². The van der Waals surface area contributed by atoms with Crippen molar-refractivity contribution < 1.29 is 14.7 Å². The first-order valence-corrected chi connectivity index (χ1v) is 10.1. The van der Waals surface area contributed by atoms with Gasteiger partial charge in [0.2, 0.25) is 5.91 Å². The summed E-state index contributed by atoms with van der Waals surface area (Å²) in [4.78, 5) is 32.9. The summed E-state index contributed by atoms with van der Waals surface area (Å²) in [5.41, 5.74) is 2.54. The smallest absolute Gasteiger partial charge is 0.407 e. The molecule has 1 aliphatic heterocycles. The number of rotatable bonds is 7. The minimum atomic E-state index is -1.09. The van der Waals surface area contributed by atoms with Crippen LogP contribution < -0.4 is 10.2 Å². The van der Waals surface area contributed by atoms with Crippen LogP contribution in [0.3, 0.4) is 0 Å². The number of nitriles is 1. The van der Waals surface area contributed by atoms with Crippen LogP contribution in [-0.4, -0.2) is 84.8 Å². The van der Waals surface area contributed by atoms with E-state index in [2.05, 4.69) is 26.2 Å². The Hall–Kier alpha value is -3.64. The van der Waals surface area contributed by atoms with Gasteiger partial charge in [0, 0.05) is 58.1 Å². The Kier molecular flexibility index (Phi) is 7.40. The van der Waals surface area contributed by atoms with Crippen LogP contribution in [0.5, 0.6) is 0 Å². The van der Waals surface area contributed by atoms with Crippen molar-refractivity contribution in [1.29, 1.82) is 5.26 Å². The van der Waals surface area contributed by atoms with Crippen molar-refractivity contribution >= 4 is 17.8 Å². The predicted molar refractivity (Wildman–Crippen MR) is 117 cm³/mol. The molecule has 31 heavy (non-hydrogen) atoms. The number of carbonyl (C=O) groups is 2. The van der Waals surface area contributed by atoms with Gasteiger partial charge in [0.05, 0.1) is 11.6 Å². The molecule has 9 nitrogen and oxygen atoms in total. The van der Waals surface area contributed by atoms with Crippen molar-refractivity contribution in [3.8, 4) is 17.2 Å². The number of pyridine rings is 1. The Morgan fingerprint density at radius 3 is 2.58 bits per heavy atom. The number of benzene rings is 1. The molecule has 1 aromatic carbocycles. The zero-order valence-electron chi connectivity index (χ0n) is 17.5. The second-order valence-electron chi connectivity index (χ2n) is 7.30. The quantitative estimate of drug-likeness (QED) is 0.695. The zero-order chi connectivity index (χ0) is 22.2. The molecule has 162 valence electrons. The number of nitrogens with zero attached hydrogens (tertiary/aromatic N) is 5. The SMILES string of the molecule is CNC(=O)CN(CCN1CCN(c2ccc(-c3cccc(C#N)c3)cn2)CC1)C(=O)O. The molecule has 3 rings (SSSR count). The molecule has 9 heteroatoms. The lowest BCUT2D eigenvalue weighted by atomic mass is 10.1. The number of hydrogen-bond donors (Lipinski definition) is 2. The first-order valence-electron chi connectivity index (χ1n) is 10.1. The van der Waals surface area contributed by atoms with E-state index in [4.69, 9.17) is 5.26 Å². The maximum atomic E-state index is 11.5. The first-order chi connectivity index (χ1) is 15.0. The second kappa shape index (κ2) is 10.4. The fourth-order valence-electron chi connectivity index (χ4n) is 3.47. The van der Waals surface area contributed by atoms with Crippen LogP contribution in [-0.2, 0) is 4.79 Å². The largest absolute Gasteiger partial charge is 0.465 e. The van der Waals surface area contributed by atoms with E-state index in [1.165, 1.54) is 7.05 Å². The lowest BCUT2D eigenvalue weighted by Crippen LogP contribution is -2.50. The number of aromatic nitrogens is 1. The summed E-state index contributed by atoms with van der Waals surface area (Å²) in [6.45, 7) is 3.88. The highest BCUT2D eigenvalue weighted by Crippen LogP contribution is 2.22. The Bertz CT molecular complexity index is 948. The van der Waals surface area contributed by atoms with Gasteiger partial charge >= 0.3 is 6.09 Å². The van der Waals surface area contributed by atoms with E-state index in [-0.39, 0.29) is 19.0 Å². The molecule has 2 N–H and O–H groups in total. The molecule has 1 aromatic heterocycles. The lowest BCUT2D eigenvalue weighted by Gasteiger charge is -2.36. The van der Waals surface area contributed by atoms with Crippen LogP contribution in [0.25, 0.3) is 11.1 Å². The molecule has 0 saturated carbocycles. The fraction of sp³-hybridized carbons (Fsp3) is 0.364. The van der Waals surface area contributed by atoms with E-state index in [0.29, 0.717) is 12.1 Å². The Morgan fingerprint density at radius 1 is 1.19 bits per heavy atom. The summed E-state index contributed by atoms with van der Waals surface area (Å²) >= 11 is 0. The third-order valence-corrected chi connectivity index (χ3v) is 5.34.